The number of hydrogen-bond acceptors (Lipinski definition) is 6. The number of nitrogens with one attached hydrogen (secondary N) is 2. The van der Waals surface area contributed by atoms with E-state index in [-0.39, 0.29) is 11.6 Å². The Morgan fingerprint density at radius 1 is 0.889 bits per heavy atom. The molecule has 2 aromatic rings. The largest absolute Gasteiger partial charge is 0.381 e. The van der Waals surface area contributed by atoms with Gasteiger partial charge in [-0.15, -0.1) is 0 Å². The molecule has 0 spiro atoms. The van der Waals surface area contributed by atoms with Crippen molar-refractivity contribution in [3.8, 4) is 0 Å². The highest BCUT2D eigenvalue weighted by molar-refractivity contribution is 5.26. The van der Waals surface area contributed by atoms with Gasteiger partial charge in [0.2, 0.25) is 0 Å². The number of rotatable bonds is 0. The van der Waals surface area contributed by atoms with Crippen molar-refractivity contribution < 1.29 is 8.78 Å². The molecule has 6 N–H and O–H groups in total. The lowest BCUT2D eigenvalue weighted by Crippen LogP contribution is -2.12. The summed E-state index contributed by atoms with van der Waals surface area (Å²) in [7, 11) is 0. The summed E-state index contributed by atoms with van der Waals surface area (Å²) in [5.74, 6) is -2.18. The van der Waals surface area contributed by atoms with E-state index in [1.54, 1.807) is 0 Å². The minimum absolute atomic E-state index is 0.376. The van der Waals surface area contributed by atoms with Crippen LogP contribution in [-0.4, -0.2) is 19.9 Å². The maximum Gasteiger partial charge on any atom is 0.347 e. The lowest BCUT2D eigenvalue weighted by atomic mass is 10.6. The molecule has 2 heterocycles. The number of hydrogen-bond donors (Lipinski definition) is 4. The third-order valence-electron chi connectivity index (χ3n) is 1.58. The van der Waals surface area contributed by atoms with Gasteiger partial charge in [0.15, 0.2) is 23.3 Å². The van der Waals surface area contributed by atoms with Gasteiger partial charge >= 0.3 is 11.4 Å². The first kappa shape index (κ1) is 13.3. The molecular formula is C8H8F2N6O2. The van der Waals surface area contributed by atoms with Gasteiger partial charge in [-0.1, -0.05) is 0 Å². The van der Waals surface area contributed by atoms with Crippen LogP contribution in [-0.2, 0) is 0 Å². The molecule has 0 aliphatic carbocycles. The Bertz CT molecular complexity index is 595. The molecule has 0 aromatic carbocycles. The first-order chi connectivity index (χ1) is 8.40. The van der Waals surface area contributed by atoms with Crippen molar-refractivity contribution in [3.05, 3.63) is 45.0 Å². The fourth-order valence-corrected chi connectivity index (χ4v) is 0.788. The van der Waals surface area contributed by atoms with Gasteiger partial charge in [0.1, 0.15) is 0 Å². The molecule has 8 nitrogen and oxygen atoms in total. The first-order valence-corrected chi connectivity index (χ1v) is 4.41. The Hall–Kier alpha value is -2.78. The zero-order valence-electron chi connectivity index (χ0n) is 8.78. The summed E-state index contributed by atoms with van der Waals surface area (Å²) in [6, 6.07) is 0. The molecule has 0 fully saturated rings. The lowest BCUT2D eigenvalue weighted by molar-refractivity contribution is 0.617. The predicted molar refractivity (Wildman–Crippen MR) is 58.5 cm³/mol. The van der Waals surface area contributed by atoms with E-state index in [0.29, 0.717) is 0 Å². The van der Waals surface area contributed by atoms with E-state index in [0.717, 1.165) is 12.4 Å². The monoisotopic (exact) mass is 258 g/mol. The van der Waals surface area contributed by atoms with Crippen molar-refractivity contribution in [3.63, 3.8) is 0 Å². The van der Waals surface area contributed by atoms with Crippen LogP contribution in [0.4, 0.5) is 20.4 Å². The number of H-pyrrole nitrogens is 2. The molecule has 2 aromatic heterocycles. The Kier molecular flexibility index (Phi) is 4.07. The van der Waals surface area contributed by atoms with Crippen molar-refractivity contribution in [2.45, 2.75) is 0 Å². The number of aromatic nitrogens is 4. The Morgan fingerprint density at radius 2 is 1.22 bits per heavy atom. The highest BCUT2D eigenvalue weighted by Gasteiger charge is 1.96. The minimum atomic E-state index is -0.713. The summed E-state index contributed by atoms with van der Waals surface area (Å²) in [4.78, 5) is 30.6. The molecule has 0 unspecified atom stereocenters. The van der Waals surface area contributed by atoms with Crippen LogP contribution in [0.25, 0.3) is 0 Å². The van der Waals surface area contributed by atoms with Crippen molar-refractivity contribution in [2.24, 2.45) is 0 Å². The highest BCUT2D eigenvalue weighted by Crippen LogP contribution is 1.97. The van der Waals surface area contributed by atoms with Crippen LogP contribution in [0.15, 0.2) is 22.0 Å². The first-order valence-electron chi connectivity index (χ1n) is 4.41. The van der Waals surface area contributed by atoms with Crippen molar-refractivity contribution in [1.82, 2.24) is 19.9 Å². The predicted octanol–water partition coefficient (Wildman–Crippen LogP) is -1.02. The average Bonchev–Trinajstić information content (AvgIpc) is 2.30. The fourth-order valence-electron chi connectivity index (χ4n) is 0.788. The minimum Gasteiger partial charge on any atom is -0.381 e. The summed E-state index contributed by atoms with van der Waals surface area (Å²) in [6.07, 6.45) is 1.73. The van der Waals surface area contributed by atoms with Gasteiger partial charge in [-0.25, -0.2) is 18.4 Å². The van der Waals surface area contributed by atoms with Gasteiger partial charge in [-0.05, 0) is 0 Å². The molecule has 0 aliphatic heterocycles. The number of nitrogen functional groups attached to an aromatic ring is 2. The van der Waals surface area contributed by atoms with Crippen LogP contribution in [0.2, 0.25) is 0 Å². The number of aromatic amines is 2. The molecule has 0 saturated carbocycles. The van der Waals surface area contributed by atoms with E-state index in [2.05, 4.69) is 9.97 Å². The van der Waals surface area contributed by atoms with Gasteiger partial charge in [0.05, 0.1) is 0 Å². The van der Waals surface area contributed by atoms with Crippen LogP contribution in [0.5, 0.6) is 0 Å². The van der Waals surface area contributed by atoms with E-state index in [4.69, 9.17) is 11.5 Å². The molecule has 10 heteroatoms. The molecule has 0 atom stereocenters. The molecule has 96 valence electrons. The van der Waals surface area contributed by atoms with Crippen molar-refractivity contribution >= 4 is 11.6 Å². The van der Waals surface area contributed by atoms with Crippen molar-refractivity contribution in [1.29, 1.82) is 0 Å². The number of nitrogens with two attached hydrogens (primary N) is 2. The zero-order chi connectivity index (χ0) is 13.7. The molecule has 0 bridgehead atoms. The van der Waals surface area contributed by atoms with Gasteiger partial charge < -0.3 is 21.4 Å². The molecular weight excluding hydrogens is 250 g/mol. The topological polar surface area (TPSA) is 144 Å². The maximum absolute atomic E-state index is 12.1. The fraction of sp³-hybridized carbons (Fsp3) is 0. The Balaban J connectivity index is 0.000000180. The van der Waals surface area contributed by atoms with Crippen LogP contribution in [0.3, 0.4) is 0 Å². The second kappa shape index (κ2) is 5.52. The summed E-state index contributed by atoms with van der Waals surface area (Å²) in [6.45, 7) is 0. The van der Waals surface area contributed by atoms with E-state index in [1.807, 2.05) is 9.97 Å². The number of anilines is 2. The van der Waals surface area contributed by atoms with Crippen LogP contribution < -0.4 is 22.8 Å². The van der Waals surface area contributed by atoms with Crippen molar-refractivity contribution in [2.75, 3.05) is 11.5 Å². The standard InChI is InChI=1S/2C4H4FN3O/c2*5-2-1-7-4(9)8-3(2)6/h2*1H,(H3,6,7,8,9). The molecule has 0 saturated heterocycles. The number of nitrogens with zero attached hydrogens (tertiary/aromatic N) is 2. The van der Waals surface area contributed by atoms with Crippen LogP contribution >= 0.6 is 0 Å². The third kappa shape index (κ3) is 3.66. The summed E-state index contributed by atoms with van der Waals surface area (Å²) in [5, 5.41) is 0. The zero-order valence-corrected chi connectivity index (χ0v) is 8.78. The highest BCUT2D eigenvalue weighted by atomic mass is 19.1. The normalized spacial score (nSPS) is 9.44. The SMILES string of the molecule is Nc1nc(=O)[nH]cc1F.Nc1nc(=O)[nH]cc1F. The van der Waals surface area contributed by atoms with E-state index in [1.165, 1.54) is 0 Å². The van der Waals surface area contributed by atoms with E-state index < -0.39 is 23.0 Å². The van der Waals surface area contributed by atoms with Gasteiger partial charge in [0, 0.05) is 12.4 Å². The number of halogens is 2. The summed E-state index contributed by atoms with van der Waals surface area (Å²) >= 11 is 0. The van der Waals surface area contributed by atoms with Gasteiger partial charge in [-0.2, -0.15) is 9.97 Å². The van der Waals surface area contributed by atoms with E-state index in [9.17, 15) is 18.4 Å². The molecule has 18 heavy (non-hydrogen) atoms. The molecule has 0 amide bonds. The van der Waals surface area contributed by atoms with Gasteiger partial charge in [-0.3, -0.25) is 0 Å². The lowest BCUT2D eigenvalue weighted by Gasteiger charge is -1.88. The Morgan fingerprint density at radius 3 is 1.44 bits per heavy atom. The molecule has 0 radical (unpaired) electrons. The average molecular weight is 258 g/mol. The quantitative estimate of drug-likeness (QED) is 0.476. The smallest absolute Gasteiger partial charge is 0.347 e. The molecule has 0 aliphatic rings. The summed E-state index contributed by atoms with van der Waals surface area (Å²) in [5.41, 5.74) is 8.54. The maximum atomic E-state index is 12.1. The van der Waals surface area contributed by atoms with E-state index >= 15 is 0 Å². The van der Waals surface area contributed by atoms with Crippen LogP contribution in [0, 0.1) is 11.6 Å². The van der Waals surface area contributed by atoms with Gasteiger partial charge in [0.25, 0.3) is 0 Å². The molecule has 2 rings (SSSR count). The Labute approximate surface area is 97.7 Å². The second-order valence-corrected chi connectivity index (χ2v) is 2.88. The second-order valence-electron chi connectivity index (χ2n) is 2.88. The summed E-state index contributed by atoms with van der Waals surface area (Å²) < 4.78 is 24.3. The third-order valence-corrected chi connectivity index (χ3v) is 1.58. The van der Waals surface area contributed by atoms with Crippen LogP contribution in [0.1, 0.15) is 0 Å².